The van der Waals surface area contributed by atoms with Crippen molar-refractivity contribution in [1.29, 1.82) is 0 Å². The second-order valence-electron chi connectivity index (χ2n) is 4.65. The zero-order valence-corrected chi connectivity index (χ0v) is 14.1. The molecule has 0 atom stereocenters. The molecule has 1 aromatic carbocycles. The first kappa shape index (κ1) is 16.1. The topological polar surface area (TPSA) is 77.1 Å². The van der Waals surface area contributed by atoms with E-state index in [1.165, 1.54) is 0 Å². The minimum Gasteiger partial charge on any atom is -0.349 e. The molecule has 114 valence electrons. The van der Waals surface area contributed by atoms with Crippen molar-refractivity contribution < 1.29 is 8.42 Å². The number of hydrogen-bond donors (Lipinski definition) is 2. The van der Waals surface area contributed by atoms with Crippen molar-refractivity contribution in [3.63, 3.8) is 0 Å². The Morgan fingerprint density at radius 3 is 2.67 bits per heavy atom. The third-order valence-electron chi connectivity index (χ3n) is 3.06. The molecule has 0 unspecified atom stereocenters. The van der Waals surface area contributed by atoms with E-state index in [4.69, 9.17) is 5.73 Å². The van der Waals surface area contributed by atoms with E-state index in [-0.39, 0.29) is 4.90 Å². The van der Waals surface area contributed by atoms with E-state index in [1.54, 1.807) is 30.5 Å². The SMILES string of the molecule is CCCn1cc(S(=O)(=O)Nc2ccccc2Br)cc1CN. The third kappa shape index (κ3) is 3.66. The van der Waals surface area contributed by atoms with E-state index in [2.05, 4.69) is 20.7 Å². The van der Waals surface area contributed by atoms with Crippen molar-refractivity contribution in [2.75, 3.05) is 4.72 Å². The summed E-state index contributed by atoms with van der Waals surface area (Å²) in [4.78, 5) is 0.229. The fraction of sp³-hybridized carbons (Fsp3) is 0.286. The van der Waals surface area contributed by atoms with Crippen LogP contribution in [0.2, 0.25) is 0 Å². The number of para-hydroxylation sites is 1. The number of hydrogen-bond acceptors (Lipinski definition) is 3. The van der Waals surface area contributed by atoms with Crippen LogP contribution in [0.4, 0.5) is 5.69 Å². The average molecular weight is 372 g/mol. The van der Waals surface area contributed by atoms with Crippen LogP contribution < -0.4 is 10.5 Å². The summed E-state index contributed by atoms with van der Waals surface area (Å²) in [6, 6.07) is 8.71. The van der Waals surface area contributed by atoms with Gasteiger partial charge < -0.3 is 10.3 Å². The highest BCUT2D eigenvalue weighted by Crippen LogP contribution is 2.25. The molecule has 0 saturated heterocycles. The van der Waals surface area contributed by atoms with Gasteiger partial charge in [-0.3, -0.25) is 4.72 Å². The standard InChI is InChI=1S/C14H18BrN3O2S/c1-2-7-18-10-12(8-11(18)9-16)21(19,20)17-14-6-4-3-5-13(14)15/h3-6,8,10,17H,2,7,9,16H2,1H3. The molecule has 2 aromatic rings. The van der Waals surface area contributed by atoms with Gasteiger partial charge in [0.1, 0.15) is 4.90 Å². The molecule has 1 heterocycles. The Morgan fingerprint density at radius 1 is 1.33 bits per heavy atom. The lowest BCUT2D eigenvalue weighted by Crippen LogP contribution is -2.12. The number of nitrogens with one attached hydrogen (secondary N) is 1. The molecule has 2 rings (SSSR count). The first-order valence-electron chi connectivity index (χ1n) is 6.64. The average Bonchev–Trinajstić information content (AvgIpc) is 2.86. The fourth-order valence-electron chi connectivity index (χ4n) is 2.04. The maximum atomic E-state index is 12.5. The summed E-state index contributed by atoms with van der Waals surface area (Å²) in [6.07, 6.45) is 2.55. The lowest BCUT2D eigenvalue weighted by molar-refractivity contribution is 0.600. The number of benzene rings is 1. The van der Waals surface area contributed by atoms with Gasteiger partial charge in [0.15, 0.2) is 0 Å². The van der Waals surface area contributed by atoms with Gasteiger partial charge in [0, 0.05) is 29.5 Å². The maximum absolute atomic E-state index is 12.5. The molecule has 0 bridgehead atoms. The Bertz CT molecular complexity index is 726. The van der Waals surface area contributed by atoms with Gasteiger partial charge in [-0.1, -0.05) is 19.1 Å². The van der Waals surface area contributed by atoms with Crippen LogP contribution in [-0.2, 0) is 23.1 Å². The smallest absolute Gasteiger partial charge is 0.263 e. The van der Waals surface area contributed by atoms with Crippen molar-refractivity contribution in [3.8, 4) is 0 Å². The summed E-state index contributed by atoms with van der Waals surface area (Å²) < 4.78 is 30.1. The normalized spacial score (nSPS) is 11.6. The highest BCUT2D eigenvalue weighted by molar-refractivity contribution is 9.10. The molecule has 5 nitrogen and oxygen atoms in total. The molecule has 0 aliphatic rings. The van der Waals surface area contributed by atoms with E-state index < -0.39 is 10.0 Å². The number of aryl methyl sites for hydroxylation is 1. The Morgan fingerprint density at radius 2 is 2.05 bits per heavy atom. The van der Waals surface area contributed by atoms with Gasteiger partial charge in [-0.15, -0.1) is 0 Å². The molecule has 0 radical (unpaired) electrons. The van der Waals surface area contributed by atoms with Gasteiger partial charge in [0.2, 0.25) is 0 Å². The third-order valence-corrected chi connectivity index (χ3v) is 5.09. The molecular formula is C14H18BrN3O2S. The van der Waals surface area contributed by atoms with Gasteiger partial charge in [0.25, 0.3) is 10.0 Å². The van der Waals surface area contributed by atoms with Crippen molar-refractivity contribution in [2.24, 2.45) is 5.73 Å². The van der Waals surface area contributed by atoms with Crippen LogP contribution >= 0.6 is 15.9 Å². The summed E-state index contributed by atoms with van der Waals surface area (Å²) in [5.41, 5.74) is 6.99. The zero-order valence-electron chi connectivity index (χ0n) is 11.7. The van der Waals surface area contributed by atoms with Gasteiger partial charge in [0.05, 0.1) is 5.69 Å². The lowest BCUT2D eigenvalue weighted by atomic mass is 10.3. The number of halogens is 1. The van der Waals surface area contributed by atoms with Gasteiger partial charge in [-0.05, 0) is 40.5 Å². The van der Waals surface area contributed by atoms with Crippen LogP contribution in [-0.4, -0.2) is 13.0 Å². The first-order valence-corrected chi connectivity index (χ1v) is 8.92. The Balaban J connectivity index is 2.34. The van der Waals surface area contributed by atoms with Crippen molar-refractivity contribution in [3.05, 3.63) is 46.7 Å². The van der Waals surface area contributed by atoms with Gasteiger partial charge >= 0.3 is 0 Å². The number of anilines is 1. The zero-order chi connectivity index (χ0) is 15.5. The van der Waals surface area contributed by atoms with E-state index in [0.717, 1.165) is 18.7 Å². The molecule has 0 amide bonds. The quantitative estimate of drug-likeness (QED) is 0.819. The molecule has 0 aliphatic heterocycles. The molecule has 0 saturated carbocycles. The van der Waals surface area contributed by atoms with Crippen LogP contribution in [0.15, 0.2) is 45.9 Å². The Kier molecular flexibility index (Phi) is 5.08. The number of nitrogens with two attached hydrogens (primary N) is 1. The Labute approximate surface area is 133 Å². The number of rotatable bonds is 6. The van der Waals surface area contributed by atoms with E-state index in [1.807, 2.05) is 17.6 Å². The summed E-state index contributed by atoms with van der Waals surface area (Å²) in [7, 11) is -3.62. The summed E-state index contributed by atoms with van der Waals surface area (Å²) in [5.74, 6) is 0. The van der Waals surface area contributed by atoms with Crippen molar-refractivity contribution >= 4 is 31.6 Å². The van der Waals surface area contributed by atoms with Gasteiger partial charge in [-0.25, -0.2) is 8.42 Å². The number of aromatic nitrogens is 1. The number of nitrogens with zero attached hydrogens (tertiary/aromatic N) is 1. The van der Waals surface area contributed by atoms with E-state index in [9.17, 15) is 8.42 Å². The van der Waals surface area contributed by atoms with Gasteiger partial charge in [-0.2, -0.15) is 0 Å². The highest BCUT2D eigenvalue weighted by atomic mass is 79.9. The largest absolute Gasteiger partial charge is 0.349 e. The molecule has 0 aliphatic carbocycles. The Hall–Kier alpha value is -1.31. The van der Waals surface area contributed by atoms with Crippen LogP contribution in [0.5, 0.6) is 0 Å². The minimum atomic E-state index is -3.62. The lowest BCUT2D eigenvalue weighted by Gasteiger charge is -2.08. The molecular weight excluding hydrogens is 354 g/mol. The first-order chi connectivity index (χ1) is 9.97. The molecule has 0 spiro atoms. The fourth-order valence-corrected chi connectivity index (χ4v) is 3.70. The van der Waals surface area contributed by atoms with Crippen LogP contribution in [0, 0.1) is 0 Å². The summed E-state index contributed by atoms with van der Waals surface area (Å²) in [5, 5.41) is 0. The number of sulfonamides is 1. The van der Waals surface area contributed by atoms with E-state index >= 15 is 0 Å². The highest BCUT2D eigenvalue weighted by Gasteiger charge is 2.19. The predicted molar refractivity (Wildman–Crippen MR) is 87.6 cm³/mol. The molecule has 1 aromatic heterocycles. The van der Waals surface area contributed by atoms with Crippen molar-refractivity contribution in [2.45, 2.75) is 31.3 Å². The van der Waals surface area contributed by atoms with E-state index in [0.29, 0.717) is 16.7 Å². The summed E-state index contributed by atoms with van der Waals surface area (Å²) in [6.45, 7) is 3.09. The van der Waals surface area contributed by atoms with Crippen LogP contribution in [0.3, 0.4) is 0 Å². The predicted octanol–water partition coefficient (Wildman–Crippen LogP) is 2.92. The molecule has 7 heteroatoms. The molecule has 21 heavy (non-hydrogen) atoms. The molecule has 3 N–H and O–H groups in total. The van der Waals surface area contributed by atoms with Crippen LogP contribution in [0.1, 0.15) is 19.0 Å². The second-order valence-corrected chi connectivity index (χ2v) is 7.19. The molecule has 0 fully saturated rings. The maximum Gasteiger partial charge on any atom is 0.263 e. The second kappa shape index (κ2) is 6.64. The monoisotopic (exact) mass is 371 g/mol. The summed E-state index contributed by atoms with van der Waals surface area (Å²) >= 11 is 3.33. The van der Waals surface area contributed by atoms with Crippen molar-refractivity contribution in [1.82, 2.24) is 4.57 Å². The van der Waals surface area contributed by atoms with Crippen LogP contribution in [0.25, 0.3) is 0 Å². The minimum absolute atomic E-state index is 0.229.